The summed E-state index contributed by atoms with van der Waals surface area (Å²) < 4.78 is 7.34. The molecule has 0 unspecified atom stereocenters. The summed E-state index contributed by atoms with van der Waals surface area (Å²) in [6.45, 7) is 2.82. The van der Waals surface area contributed by atoms with Crippen molar-refractivity contribution in [3.8, 4) is 5.75 Å². The average molecular weight is 383 g/mol. The molecule has 0 aliphatic carbocycles. The summed E-state index contributed by atoms with van der Waals surface area (Å²) in [6.07, 6.45) is 4.59. The van der Waals surface area contributed by atoms with Gasteiger partial charge in [-0.15, -0.1) is 0 Å². The third-order valence-corrected chi connectivity index (χ3v) is 4.97. The van der Waals surface area contributed by atoms with Crippen LogP contribution in [0.4, 0.5) is 5.69 Å². The van der Waals surface area contributed by atoms with Crippen molar-refractivity contribution in [1.82, 2.24) is 9.55 Å². The smallest absolute Gasteiger partial charge is 0.307 e. The summed E-state index contributed by atoms with van der Waals surface area (Å²) in [7, 11) is 0. The molecule has 140 valence electrons. The molecule has 6 nitrogen and oxygen atoms in total. The molecule has 1 N–H and O–H groups in total. The molecular weight excluding hydrogens is 362 g/mol. The lowest BCUT2D eigenvalue weighted by Gasteiger charge is -2.09. The monoisotopic (exact) mass is 383 g/mol. The molecule has 0 saturated heterocycles. The maximum absolute atomic E-state index is 12.1. The van der Waals surface area contributed by atoms with E-state index in [-0.39, 0.29) is 17.2 Å². The summed E-state index contributed by atoms with van der Waals surface area (Å²) in [6, 6.07) is 11.2. The lowest BCUT2D eigenvalue weighted by Crippen LogP contribution is -2.20. The zero-order valence-electron chi connectivity index (χ0n) is 15.1. The number of anilines is 1. The van der Waals surface area contributed by atoms with E-state index in [0.717, 1.165) is 29.2 Å². The Kier molecular flexibility index (Phi) is 6.38. The molecule has 1 amide bonds. The number of nitrogens with zero attached hydrogens (tertiary/aromatic N) is 2. The van der Waals surface area contributed by atoms with Crippen molar-refractivity contribution in [3.05, 3.63) is 75.1 Å². The number of carbonyl (C=O) groups is 1. The number of amides is 1. The van der Waals surface area contributed by atoms with E-state index in [1.807, 2.05) is 43.3 Å². The minimum absolute atomic E-state index is 0.0337. The van der Waals surface area contributed by atoms with Gasteiger partial charge in [-0.25, -0.2) is 0 Å². The van der Waals surface area contributed by atoms with Crippen molar-refractivity contribution in [2.45, 2.75) is 26.3 Å². The van der Waals surface area contributed by atoms with E-state index in [0.29, 0.717) is 18.8 Å². The van der Waals surface area contributed by atoms with Crippen LogP contribution in [-0.2, 0) is 17.8 Å². The van der Waals surface area contributed by atoms with Gasteiger partial charge in [-0.1, -0.05) is 11.3 Å². The second kappa shape index (κ2) is 9.14. The number of carbonyl (C=O) groups excluding carboxylic acids is 1. The number of rotatable bonds is 8. The van der Waals surface area contributed by atoms with Crippen LogP contribution in [0.5, 0.6) is 5.75 Å². The Morgan fingerprint density at radius 2 is 1.93 bits per heavy atom. The van der Waals surface area contributed by atoms with Crippen LogP contribution in [0.2, 0.25) is 0 Å². The van der Waals surface area contributed by atoms with Crippen LogP contribution < -0.4 is 14.9 Å². The highest BCUT2D eigenvalue weighted by Gasteiger charge is 2.07. The normalized spacial score (nSPS) is 10.6. The Labute approximate surface area is 161 Å². The molecule has 7 heteroatoms. The predicted octanol–water partition coefficient (Wildman–Crippen LogP) is 3.26. The third-order valence-electron chi connectivity index (χ3n) is 4.09. The van der Waals surface area contributed by atoms with Crippen LogP contribution in [0.15, 0.2) is 59.0 Å². The minimum Gasteiger partial charge on any atom is -0.493 e. The second-order valence-electron chi connectivity index (χ2n) is 6.07. The molecule has 0 aliphatic heterocycles. The second-order valence-corrected chi connectivity index (χ2v) is 6.89. The fourth-order valence-electron chi connectivity index (χ4n) is 2.58. The standard InChI is InChI=1S/C20H21N3O3S/c1-15-14-27-20(25)23(15)12-8-19(24)22-17-2-4-18(5-3-17)26-13-9-16-6-10-21-11-7-16/h2-7,10-11,14H,8-9,12-13H2,1H3,(H,22,24). The van der Waals surface area contributed by atoms with Crippen molar-refractivity contribution >= 4 is 22.9 Å². The van der Waals surface area contributed by atoms with E-state index in [1.54, 1.807) is 22.3 Å². The molecule has 27 heavy (non-hydrogen) atoms. The Balaban J connectivity index is 1.44. The maximum Gasteiger partial charge on any atom is 0.307 e. The van der Waals surface area contributed by atoms with Gasteiger partial charge in [-0.3, -0.25) is 14.6 Å². The molecule has 2 heterocycles. The number of hydrogen-bond acceptors (Lipinski definition) is 5. The lowest BCUT2D eigenvalue weighted by molar-refractivity contribution is -0.116. The molecule has 0 atom stereocenters. The van der Waals surface area contributed by atoms with Crippen molar-refractivity contribution in [2.75, 3.05) is 11.9 Å². The van der Waals surface area contributed by atoms with Gasteiger partial charge >= 0.3 is 4.87 Å². The third kappa shape index (κ3) is 5.52. The van der Waals surface area contributed by atoms with Gasteiger partial charge < -0.3 is 14.6 Å². The van der Waals surface area contributed by atoms with Crippen LogP contribution in [0.25, 0.3) is 0 Å². The topological polar surface area (TPSA) is 73.2 Å². The largest absolute Gasteiger partial charge is 0.493 e. The first kappa shape index (κ1) is 18.8. The zero-order chi connectivity index (χ0) is 19.1. The van der Waals surface area contributed by atoms with Gasteiger partial charge in [0.15, 0.2) is 0 Å². The Hall–Kier alpha value is -2.93. The number of benzene rings is 1. The summed E-state index contributed by atoms with van der Waals surface area (Å²) >= 11 is 1.15. The van der Waals surface area contributed by atoms with E-state index in [4.69, 9.17) is 4.74 Å². The number of aromatic nitrogens is 2. The molecule has 0 bridgehead atoms. The van der Waals surface area contributed by atoms with Crippen LogP contribution in [0.1, 0.15) is 17.7 Å². The number of aryl methyl sites for hydroxylation is 1. The van der Waals surface area contributed by atoms with Gasteiger partial charge in [0.25, 0.3) is 0 Å². The molecule has 0 aliphatic rings. The summed E-state index contributed by atoms with van der Waals surface area (Å²) in [4.78, 5) is 27.7. The fraction of sp³-hybridized carbons (Fsp3) is 0.250. The van der Waals surface area contributed by atoms with Crippen LogP contribution in [0, 0.1) is 6.92 Å². The number of thiazole rings is 1. The fourth-order valence-corrected chi connectivity index (χ4v) is 3.34. The number of pyridine rings is 1. The number of nitrogens with one attached hydrogen (secondary N) is 1. The highest BCUT2D eigenvalue weighted by Crippen LogP contribution is 2.16. The first-order chi connectivity index (χ1) is 13.1. The van der Waals surface area contributed by atoms with Gasteiger partial charge in [-0.05, 0) is 48.9 Å². The van der Waals surface area contributed by atoms with Gasteiger partial charge in [-0.2, -0.15) is 0 Å². The first-order valence-electron chi connectivity index (χ1n) is 8.68. The van der Waals surface area contributed by atoms with E-state index in [1.165, 1.54) is 5.56 Å². The summed E-state index contributed by atoms with van der Waals surface area (Å²) in [5.41, 5.74) is 2.76. The minimum atomic E-state index is -0.126. The molecule has 0 fully saturated rings. The summed E-state index contributed by atoms with van der Waals surface area (Å²) in [5, 5.41) is 4.64. The van der Waals surface area contributed by atoms with Gasteiger partial charge in [0.1, 0.15) is 5.75 Å². The lowest BCUT2D eigenvalue weighted by atomic mass is 10.2. The average Bonchev–Trinajstić information content (AvgIpc) is 3.00. The van der Waals surface area contributed by atoms with Gasteiger partial charge in [0.2, 0.25) is 5.91 Å². The van der Waals surface area contributed by atoms with Gasteiger partial charge in [0.05, 0.1) is 6.61 Å². The molecule has 0 radical (unpaired) electrons. The SMILES string of the molecule is Cc1csc(=O)n1CCC(=O)Nc1ccc(OCCc2ccncc2)cc1. The highest BCUT2D eigenvalue weighted by atomic mass is 32.1. The van der Waals surface area contributed by atoms with Crippen molar-refractivity contribution in [3.63, 3.8) is 0 Å². The van der Waals surface area contributed by atoms with Crippen molar-refractivity contribution in [2.24, 2.45) is 0 Å². The Morgan fingerprint density at radius 3 is 2.59 bits per heavy atom. The molecule has 0 saturated carbocycles. The summed E-state index contributed by atoms with van der Waals surface area (Å²) in [5.74, 6) is 0.626. The highest BCUT2D eigenvalue weighted by molar-refractivity contribution is 7.07. The zero-order valence-corrected chi connectivity index (χ0v) is 15.9. The van der Waals surface area contributed by atoms with E-state index < -0.39 is 0 Å². The molecule has 3 aromatic rings. The van der Waals surface area contributed by atoms with E-state index in [9.17, 15) is 9.59 Å². The van der Waals surface area contributed by atoms with Crippen molar-refractivity contribution < 1.29 is 9.53 Å². The van der Waals surface area contributed by atoms with Crippen LogP contribution in [-0.4, -0.2) is 22.1 Å². The Morgan fingerprint density at radius 1 is 1.19 bits per heavy atom. The van der Waals surface area contributed by atoms with E-state index >= 15 is 0 Å². The quantitative estimate of drug-likeness (QED) is 0.648. The molecular formula is C20H21N3O3S. The van der Waals surface area contributed by atoms with Crippen LogP contribution >= 0.6 is 11.3 Å². The van der Waals surface area contributed by atoms with Crippen LogP contribution in [0.3, 0.4) is 0 Å². The van der Waals surface area contributed by atoms with Gasteiger partial charge in [0, 0.05) is 48.5 Å². The number of hydrogen-bond donors (Lipinski definition) is 1. The molecule has 1 aromatic carbocycles. The Bertz CT molecular complexity index is 933. The maximum atomic E-state index is 12.1. The predicted molar refractivity (Wildman–Crippen MR) is 106 cm³/mol. The molecule has 2 aromatic heterocycles. The number of ether oxygens (including phenoxy) is 1. The van der Waals surface area contributed by atoms with E-state index in [2.05, 4.69) is 10.3 Å². The van der Waals surface area contributed by atoms with Crippen molar-refractivity contribution in [1.29, 1.82) is 0 Å². The first-order valence-corrected chi connectivity index (χ1v) is 9.56. The molecule has 0 spiro atoms. The molecule has 3 rings (SSSR count).